The zero-order valence-electron chi connectivity index (χ0n) is 18.7. The summed E-state index contributed by atoms with van der Waals surface area (Å²) in [5, 5.41) is 0.932. The molecule has 0 radical (unpaired) electrons. The van der Waals surface area contributed by atoms with Crippen LogP contribution in [0.15, 0.2) is 65.5 Å². The standard InChI is InChI=1S/C27H23NO5/c1-31-17-10-8-16(9-11-17)14-15-28-24-18-6-4-5-7-19(18)25(29)22(24)20-12-13-21(32-2)26(33-3)23(20)27(28)30/h4-13H,14-15H2,1-3H3. The Bertz CT molecular complexity index is 1450. The fourth-order valence-electron chi connectivity index (χ4n) is 4.63. The van der Waals surface area contributed by atoms with E-state index >= 15 is 0 Å². The van der Waals surface area contributed by atoms with Gasteiger partial charge in [0.1, 0.15) is 5.75 Å². The van der Waals surface area contributed by atoms with Crippen LogP contribution in [0.1, 0.15) is 21.5 Å². The van der Waals surface area contributed by atoms with Crippen LogP contribution < -0.4 is 19.8 Å². The van der Waals surface area contributed by atoms with Crippen molar-refractivity contribution in [3.63, 3.8) is 0 Å². The first-order valence-electron chi connectivity index (χ1n) is 10.7. The molecule has 4 aromatic rings. The van der Waals surface area contributed by atoms with Gasteiger partial charge in [-0.3, -0.25) is 9.59 Å². The fourth-order valence-corrected chi connectivity index (χ4v) is 4.63. The highest BCUT2D eigenvalue weighted by molar-refractivity contribution is 6.27. The number of aromatic nitrogens is 1. The number of nitrogens with zero attached hydrogens (tertiary/aromatic N) is 1. The Balaban J connectivity index is 1.76. The average Bonchev–Trinajstić information content (AvgIpc) is 3.16. The van der Waals surface area contributed by atoms with Crippen LogP contribution in [0.3, 0.4) is 0 Å². The predicted octanol–water partition coefficient (Wildman–Crippen LogP) is 4.48. The lowest BCUT2D eigenvalue weighted by Gasteiger charge is -2.18. The average molecular weight is 441 g/mol. The molecule has 1 heterocycles. The van der Waals surface area contributed by atoms with Crippen molar-refractivity contribution in [1.29, 1.82) is 0 Å². The highest BCUT2D eigenvalue weighted by Crippen LogP contribution is 2.43. The molecule has 0 fully saturated rings. The second-order valence-electron chi connectivity index (χ2n) is 7.88. The molecule has 0 atom stereocenters. The van der Waals surface area contributed by atoms with Crippen molar-refractivity contribution in [3.8, 4) is 28.5 Å². The number of benzene rings is 3. The molecule has 0 saturated carbocycles. The van der Waals surface area contributed by atoms with E-state index in [9.17, 15) is 9.59 Å². The third-order valence-electron chi connectivity index (χ3n) is 6.22. The first kappa shape index (κ1) is 20.8. The number of hydrogen-bond donors (Lipinski definition) is 0. The van der Waals surface area contributed by atoms with Crippen molar-refractivity contribution in [1.82, 2.24) is 4.57 Å². The Hall–Kier alpha value is -4.06. The number of ketones is 1. The first-order valence-corrected chi connectivity index (χ1v) is 10.7. The van der Waals surface area contributed by atoms with E-state index in [0.29, 0.717) is 52.1 Å². The molecule has 5 rings (SSSR count). The van der Waals surface area contributed by atoms with Gasteiger partial charge in [-0.25, -0.2) is 0 Å². The lowest BCUT2D eigenvalue weighted by molar-refractivity contribution is 0.104. The van der Waals surface area contributed by atoms with Crippen LogP contribution in [0.5, 0.6) is 17.2 Å². The minimum absolute atomic E-state index is 0.0870. The Morgan fingerprint density at radius 2 is 1.52 bits per heavy atom. The molecule has 1 aromatic heterocycles. The molecule has 0 amide bonds. The van der Waals surface area contributed by atoms with Crippen molar-refractivity contribution in [2.75, 3.05) is 21.3 Å². The quantitative estimate of drug-likeness (QED) is 0.389. The molecule has 0 aliphatic heterocycles. The van der Waals surface area contributed by atoms with Gasteiger partial charge < -0.3 is 18.8 Å². The minimum Gasteiger partial charge on any atom is -0.497 e. The predicted molar refractivity (Wildman–Crippen MR) is 127 cm³/mol. The van der Waals surface area contributed by atoms with E-state index in [1.807, 2.05) is 48.5 Å². The highest BCUT2D eigenvalue weighted by Gasteiger charge is 2.33. The van der Waals surface area contributed by atoms with Gasteiger partial charge in [-0.05, 0) is 36.2 Å². The Morgan fingerprint density at radius 3 is 2.18 bits per heavy atom. The molecule has 166 valence electrons. The summed E-state index contributed by atoms with van der Waals surface area (Å²) in [5.74, 6) is 1.48. The van der Waals surface area contributed by atoms with Crippen LogP contribution in [0.2, 0.25) is 0 Å². The lowest BCUT2D eigenvalue weighted by atomic mass is 10.0. The van der Waals surface area contributed by atoms with Gasteiger partial charge in [-0.2, -0.15) is 0 Å². The molecule has 3 aromatic carbocycles. The maximum Gasteiger partial charge on any atom is 0.262 e. The summed E-state index contributed by atoms with van der Waals surface area (Å²) >= 11 is 0. The van der Waals surface area contributed by atoms with Gasteiger partial charge >= 0.3 is 0 Å². The van der Waals surface area contributed by atoms with Crippen molar-refractivity contribution < 1.29 is 19.0 Å². The smallest absolute Gasteiger partial charge is 0.262 e. The summed E-state index contributed by atoms with van der Waals surface area (Å²) in [5.41, 5.74) is 3.42. The number of rotatable bonds is 6. The Morgan fingerprint density at radius 1 is 0.788 bits per heavy atom. The molecule has 0 bridgehead atoms. The molecule has 0 spiro atoms. The fraction of sp³-hybridized carbons (Fsp3) is 0.185. The van der Waals surface area contributed by atoms with Crippen LogP contribution in [0.4, 0.5) is 0 Å². The number of ether oxygens (including phenoxy) is 3. The van der Waals surface area contributed by atoms with Crippen molar-refractivity contribution in [2.45, 2.75) is 13.0 Å². The van der Waals surface area contributed by atoms with E-state index in [-0.39, 0.29) is 11.3 Å². The van der Waals surface area contributed by atoms with Crippen LogP contribution in [0.25, 0.3) is 22.0 Å². The summed E-state index contributed by atoms with van der Waals surface area (Å²) in [6, 6.07) is 18.7. The van der Waals surface area contributed by atoms with Gasteiger partial charge in [0.25, 0.3) is 5.56 Å². The van der Waals surface area contributed by atoms with Gasteiger partial charge in [-0.15, -0.1) is 0 Å². The number of carbonyl (C=O) groups excluding carboxylic acids is 1. The third-order valence-corrected chi connectivity index (χ3v) is 6.22. The summed E-state index contributed by atoms with van der Waals surface area (Å²) in [7, 11) is 4.66. The van der Waals surface area contributed by atoms with Gasteiger partial charge in [0.2, 0.25) is 0 Å². The maximum atomic E-state index is 13.9. The van der Waals surface area contributed by atoms with Crippen LogP contribution in [-0.2, 0) is 13.0 Å². The summed E-state index contributed by atoms with van der Waals surface area (Å²) in [6.45, 7) is 0.408. The largest absolute Gasteiger partial charge is 0.497 e. The summed E-state index contributed by atoms with van der Waals surface area (Å²) in [4.78, 5) is 27.3. The monoisotopic (exact) mass is 441 g/mol. The third kappa shape index (κ3) is 3.18. The van der Waals surface area contributed by atoms with Gasteiger partial charge in [0.05, 0.1) is 38.0 Å². The van der Waals surface area contributed by atoms with Crippen LogP contribution in [-0.4, -0.2) is 31.7 Å². The van der Waals surface area contributed by atoms with E-state index in [1.54, 1.807) is 23.8 Å². The molecule has 0 saturated heterocycles. The first-order chi connectivity index (χ1) is 16.1. The Labute approximate surface area is 191 Å². The molecule has 0 unspecified atom stereocenters. The topological polar surface area (TPSA) is 66.8 Å². The van der Waals surface area contributed by atoms with Gasteiger partial charge in [0, 0.05) is 23.1 Å². The normalized spacial score (nSPS) is 11.9. The number of carbonyl (C=O) groups is 1. The zero-order chi connectivity index (χ0) is 23.1. The molecule has 6 nitrogen and oxygen atoms in total. The number of hydrogen-bond acceptors (Lipinski definition) is 5. The molecule has 33 heavy (non-hydrogen) atoms. The lowest BCUT2D eigenvalue weighted by Crippen LogP contribution is -2.25. The molecule has 1 aliphatic carbocycles. The number of fused-ring (bicyclic) bond motifs is 5. The number of methoxy groups -OCH3 is 3. The Kier molecular flexibility index (Phi) is 5.13. The van der Waals surface area contributed by atoms with Crippen molar-refractivity contribution in [2.24, 2.45) is 0 Å². The second kappa shape index (κ2) is 8.13. The number of aryl methyl sites for hydroxylation is 1. The van der Waals surface area contributed by atoms with E-state index in [1.165, 1.54) is 14.2 Å². The van der Waals surface area contributed by atoms with Crippen LogP contribution >= 0.6 is 0 Å². The number of pyridine rings is 1. The summed E-state index contributed by atoms with van der Waals surface area (Å²) in [6.07, 6.45) is 0.616. The van der Waals surface area contributed by atoms with E-state index < -0.39 is 0 Å². The molecule has 6 heteroatoms. The SMILES string of the molecule is COc1ccc(CCn2c3c(c4ccc(OC)c(OC)c4c2=O)C(=O)c2ccccc2-3)cc1. The maximum absolute atomic E-state index is 13.9. The van der Waals surface area contributed by atoms with E-state index in [0.717, 1.165) is 16.9 Å². The van der Waals surface area contributed by atoms with Gasteiger partial charge in [-0.1, -0.05) is 36.4 Å². The van der Waals surface area contributed by atoms with Crippen molar-refractivity contribution >= 4 is 16.6 Å². The summed E-state index contributed by atoms with van der Waals surface area (Å²) < 4.78 is 18.0. The molecule has 1 aliphatic rings. The van der Waals surface area contributed by atoms with E-state index in [2.05, 4.69) is 0 Å². The van der Waals surface area contributed by atoms with Crippen molar-refractivity contribution in [3.05, 3.63) is 87.7 Å². The molecular formula is C27H23NO5. The zero-order valence-corrected chi connectivity index (χ0v) is 18.7. The second-order valence-corrected chi connectivity index (χ2v) is 7.88. The van der Waals surface area contributed by atoms with Crippen LogP contribution in [0, 0.1) is 0 Å². The van der Waals surface area contributed by atoms with E-state index in [4.69, 9.17) is 14.2 Å². The van der Waals surface area contributed by atoms with Gasteiger partial charge in [0.15, 0.2) is 17.3 Å². The minimum atomic E-state index is -0.211. The molecular weight excluding hydrogens is 418 g/mol. The highest BCUT2D eigenvalue weighted by atomic mass is 16.5. The molecule has 0 N–H and O–H groups in total.